The van der Waals surface area contributed by atoms with Gasteiger partial charge in [0.15, 0.2) is 5.13 Å². The van der Waals surface area contributed by atoms with Crippen molar-refractivity contribution in [2.75, 3.05) is 11.9 Å². The van der Waals surface area contributed by atoms with E-state index >= 15 is 0 Å². The maximum atomic E-state index is 10.8. The van der Waals surface area contributed by atoms with Gasteiger partial charge in [-0.05, 0) is 0 Å². The summed E-state index contributed by atoms with van der Waals surface area (Å²) in [6, 6.07) is 0. The van der Waals surface area contributed by atoms with Crippen LogP contribution < -0.4 is 10.6 Å². The summed E-state index contributed by atoms with van der Waals surface area (Å²) < 4.78 is 0. The number of rotatable bonds is 1. The molecular formula is C8H11N3OS. The van der Waals surface area contributed by atoms with Crippen LogP contribution in [-0.2, 0) is 17.8 Å². The second kappa shape index (κ2) is 3.43. The lowest BCUT2D eigenvalue weighted by Gasteiger charge is -2.09. The number of anilines is 1. The molecule has 0 spiro atoms. The molecule has 1 amide bonds. The number of amides is 1. The highest BCUT2D eigenvalue weighted by Crippen LogP contribution is 2.24. The minimum absolute atomic E-state index is 0.0564. The Balaban J connectivity index is 2.20. The van der Waals surface area contributed by atoms with Gasteiger partial charge in [0.05, 0.1) is 5.69 Å². The van der Waals surface area contributed by atoms with Crippen LogP contribution in [0.1, 0.15) is 17.5 Å². The third kappa shape index (κ3) is 1.87. The van der Waals surface area contributed by atoms with E-state index in [1.165, 1.54) is 11.8 Å². The Labute approximate surface area is 80.4 Å². The predicted octanol–water partition coefficient (Wildman–Crippen LogP) is 0.747. The molecule has 0 bridgehead atoms. The minimum Gasteiger partial charge on any atom is -0.311 e. The van der Waals surface area contributed by atoms with Crippen molar-refractivity contribution in [2.45, 2.75) is 19.9 Å². The molecule has 1 aliphatic heterocycles. The molecule has 2 N–H and O–H groups in total. The molecule has 5 heteroatoms. The van der Waals surface area contributed by atoms with Gasteiger partial charge in [-0.1, -0.05) is 0 Å². The van der Waals surface area contributed by atoms with Gasteiger partial charge >= 0.3 is 0 Å². The smallest absolute Gasteiger partial charge is 0.223 e. The monoisotopic (exact) mass is 197 g/mol. The quantitative estimate of drug-likeness (QED) is 0.698. The van der Waals surface area contributed by atoms with Crippen LogP contribution >= 0.6 is 11.3 Å². The zero-order chi connectivity index (χ0) is 9.26. The predicted molar refractivity (Wildman–Crippen MR) is 51.8 cm³/mol. The number of carbonyl (C=O) groups excluding carboxylic acids is 1. The SMILES string of the molecule is CC(=O)Nc1nc2c(s1)CNCC2. The number of carbonyl (C=O) groups is 1. The summed E-state index contributed by atoms with van der Waals surface area (Å²) in [4.78, 5) is 16.3. The van der Waals surface area contributed by atoms with Crippen LogP contribution in [0.15, 0.2) is 0 Å². The first-order valence-electron chi connectivity index (χ1n) is 4.22. The van der Waals surface area contributed by atoms with Crippen molar-refractivity contribution >= 4 is 22.4 Å². The van der Waals surface area contributed by atoms with Crippen molar-refractivity contribution in [1.82, 2.24) is 10.3 Å². The highest BCUT2D eigenvalue weighted by molar-refractivity contribution is 7.15. The van der Waals surface area contributed by atoms with Crippen molar-refractivity contribution < 1.29 is 4.79 Å². The fourth-order valence-corrected chi connectivity index (χ4v) is 2.35. The Kier molecular flexibility index (Phi) is 2.28. The van der Waals surface area contributed by atoms with E-state index in [9.17, 15) is 4.79 Å². The highest BCUT2D eigenvalue weighted by atomic mass is 32.1. The van der Waals surface area contributed by atoms with Gasteiger partial charge < -0.3 is 10.6 Å². The van der Waals surface area contributed by atoms with Crippen molar-refractivity contribution in [3.05, 3.63) is 10.6 Å². The van der Waals surface area contributed by atoms with Gasteiger partial charge in [-0.2, -0.15) is 0 Å². The molecule has 0 radical (unpaired) electrons. The Morgan fingerprint density at radius 2 is 2.54 bits per heavy atom. The molecule has 0 fully saturated rings. The van der Waals surface area contributed by atoms with Crippen LogP contribution in [0.5, 0.6) is 0 Å². The lowest BCUT2D eigenvalue weighted by atomic mass is 10.2. The second-order valence-corrected chi connectivity index (χ2v) is 4.08. The molecular weight excluding hydrogens is 186 g/mol. The molecule has 0 aliphatic carbocycles. The maximum absolute atomic E-state index is 10.8. The van der Waals surface area contributed by atoms with Gasteiger partial charge in [0.25, 0.3) is 0 Å². The summed E-state index contributed by atoms with van der Waals surface area (Å²) in [6.45, 7) is 3.36. The van der Waals surface area contributed by atoms with Crippen molar-refractivity contribution in [3.63, 3.8) is 0 Å². The molecule has 0 atom stereocenters. The summed E-state index contributed by atoms with van der Waals surface area (Å²) in [5, 5.41) is 6.69. The molecule has 1 aromatic rings. The average molecular weight is 197 g/mol. The van der Waals surface area contributed by atoms with E-state index in [1.807, 2.05) is 0 Å². The van der Waals surface area contributed by atoms with E-state index in [2.05, 4.69) is 15.6 Å². The Bertz CT molecular complexity index is 311. The standard InChI is InChI=1S/C8H11N3OS/c1-5(12)10-8-11-6-2-3-9-4-7(6)13-8/h9H,2-4H2,1H3,(H,10,11,12). The third-order valence-electron chi connectivity index (χ3n) is 1.89. The summed E-state index contributed by atoms with van der Waals surface area (Å²) in [5.41, 5.74) is 1.13. The largest absolute Gasteiger partial charge is 0.311 e. The van der Waals surface area contributed by atoms with E-state index in [-0.39, 0.29) is 5.91 Å². The molecule has 0 unspecified atom stereocenters. The second-order valence-electron chi connectivity index (χ2n) is 3.00. The van der Waals surface area contributed by atoms with E-state index in [4.69, 9.17) is 0 Å². The maximum Gasteiger partial charge on any atom is 0.223 e. The molecule has 0 aromatic carbocycles. The highest BCUT2D eigenvalue weighted by Gasteiger charge is 2.14. The Morgan fingerprint density at radius 3 is 3.23 bits per heavy atom. The molecule has 70 valence electrons. The number of thiazole rings is 1. The lowest BCUT2D eigenvalue weighted by molar-refractivity contribution is -0.114. The minimum atomic E-state index is -0.0564. The van der Waals surface area contributed by atoms with Crippen molar-refractivity contribution in [3.8, 4) is 0 Å². The van der Waals surface area contributed by atoms with Gasteiger partial charge in [-0.3, -0.25) is 4.79 Å². The number of aromatic nitrogens is 1. The van der Waals surface area contributed by atoms with Crippen LogP contribution in [0.3, 0.4) is 0 Å². The number of fused-ring (bicyclic) bond motifs is 1. The van der Waals surface area contributed by atoms with Gasteiger partial charge in [-0.25, -0.2) is 4.98 Å². The van der Waals surface area contributed by atoms with Crippen molar-refractivity contribution in [2.24, 2.45) is 0 Å². The third-order valence-corrected chi connectivity index (χ3v) is 2.90. The Morgan fingerprint density at radius 1 is 1.69 bits per heavy atom. The number of nitrogens with one attached hydrogen (secondary N) is 2. The van der Waals surface area contributed by atoms with E-state index in [0.717, 1.165) is 30.3 Å². The van der Waals surface area contributed by atoms with Crippen LogP contribution in [0.4, 0.5) is 5.13 Å². The normalized spacial score (nSPS) is 15.2. The first-order valence-corrected chi connectivity index (χ1v) is 5.04. The Hall–Kier alpha value is -0.940. The van der Waals surface area contributed by atoms with Gasteiger partial charge in [-0.15, -0.1) is 11.3 Å². The molecule has 4 nitrogen and oxygen atoms in total. The van der Waals surface area contributed by atoms with Gasteiger partial charge in [0.1, 0.15) is 0 Å². The van der Waals surface area contributed by atoms with E-state index in [1.54, 1.807) is 11.3 Å². The summed E-state index contributed by atoms with van der Waals surface area (Å²) in [6.07, 6.45) is 0.964. The fourth-order valence-electron chi connectivity index (χ4n) is 1.33. The summed E-state index contributed by atoms with van der Waals surface area (Å²) >= 11 is 1.56. The zero-order valence-electron chi connectivity index (χ0n) is 7.39. The van der Waals surface area contributed by atoms with Crippen LogP contribution in [0, 0.1) is 0 Å². The topological polar surface area (TPSA) is 54.0 Å². The number of hydrogen-bond acceptors (Lipinski definition) is 4. The average Bonchev–Trinajstić information content (AvgIpc) is 2.44. The zero-order valence-corrected chi connectivity index (χ0v) is 8.20. The van der Waals surface area contributed by atoms with E-state index < -0.39 is 0 Å². The molecule has 1 aliphatic rings. The number of hydrogen-bond donors (Lipinski definition) is 2. The molecule has 1 aromatic heterocycles. The van der Waals surface area contributed by atoms with Crippen LogP contribution in [0.2, 0.25) is 0 Å². The molecule has 0 saturated carbocycles. The molecule has 0 saturated heterocycles. The van der Waals surface area contributed by atoms with Crippen LogP contribution in [0.25, 0.3) is 0 Å². The summed E-state index contributed by atoms with van der Waals surface area (Å²) in [5.74, 6) is -0.0564. The molecule has 2 heterocycles. The number of nitrogens with zero attached hydrogens (tertiary/aromatic N) is 1. The fraction of sp³-hybridized carbons (Fsp3) is 0.500. The van der Waals surface area contributed by atoms with Crippen LogP contribution in [-0.4, -0.2) is 17.4 Å². The van der Waals surface area contributed by atoms with E-state index in [0.29, 0.717) is 0 Å². The van der Waals surface area contributed by atoms with Crippen molar-refractivity contribution in [1.29, 1.82) is 0 Å². The molecule has 13 heavy (non-hydrogen) atoms. The van der Waals surface area contributed by atoms with Gasteiger partial charge in [0, 0.05) is 31.3 Å². The summed E-state index contributed by atoms with van der Waals surface area (Å²) in [7, 11) is 0. The molecule has 2 rings (SSSR count). The lowest BCUT2D eigenvalue weighted by Crippen LogP contribution is -2.22. The van der Waals surface area contributed by atoms with Gasteiger partial charge in [0.2, 0.25) is 5.91 Å². The first-order chi connectivity index (χ1) is 6.25. The first kappa shape index (κ1) is 8.65.